The molecular weight excluding hydrogens is 421 g/mol. The second-order valence-corrected chi connectivity index (χ2v) is 9.46. The van der Waals surface area contributed by atoms with Crippen molar-refractivity contribution in [3.8, 4) is 5.75 Å². The molecule has 1 amide bonds. The van der Waals surface area contributed by atoms with E-state index in [4.69, 9.17) is 0 Å². The van der Waals surface area contributed by atoms with Gasteiger partial charge in [0.25, 0.3) is 5.91 Å². The summed E-state index contributed by atoms with van der Waals surface area (Å²) < 4.78 is 43.6. The molecule has 2 aromatic rings. The largest absolute Gasteiger partial charge is 0.573 e. The van der Waals surface area contributed by atoms with Crippen LogP contribution < -0.4 is 4.74 Å². The molecule has 2 heterocycles. The number of amides is 1. The summed E-state index contributed by atoms with van der Waals surface area (Å²) in [5.41, 5.74) is 0.938. The molecule has 1 unspecified atom stereocenters. The number of carbonyl (C=O) groups is 1. The molecule has 0 N–H and O–H groups in total. The fraction of sp³-hybridized carbons (Fsp3) is 0.565. The molecule has 0 spiro atoms. The molecule has 2 aliphatic carbocycles. The van der Waals surface area contributed by atoms with E-state index in [-0.39, 0.29) is 18.2 Å². The molecule has 0 radical (unpaired) electrons. The monoisotopic (exact) mass is 448 g/mol. The molecule has 6 nitrogen and oxygen atoms in total. The standard InChI is InChI=1S/C23H27F3N4O2/c1-28-13-21(27-14-28)22(31)30(9-16-3-2-4-17(7-16)32-23(24,25)26)12-20-18-10-29(11-19(18)20)8-15-5-6-15/h2-4,7,13-15,18-20H,5-6,8-12H2,1H3/t18-,19+,20?. The lowest BCUT2D eigenvalue weighted by atomic mass is 10.1. The fourth-order valence-electron chi connectivity index (χ4n) is 5.04. The van der Waals surface area contributed by atoms with E-state index in [1.165, 1.54) is 37.6 Å². The number of carbonyl (C=O) groups excluding carboxylic acids is 1. The summed E-state index contributed by atoms with van der Waals surface area (Å²) in [6.07, 6.45) is 1.19. The van der Waals surface area contributed by atoms with Gasteiger partial charge in [-0.25, -0.2) is 4.98 Å². The Hall–Kier alpha value is -2.55. The molecule has 3 atom stereocenters. The number of hydrogen-bond donors (Lipinski definition) is 0. The Balaban J connectivity index is 1.28. The first-order valence-corrected chi connectivity index (χ1v) is 11.1. The van der Waals surface area contributed by atoms with Gasteiger partial charge in [-0.15, -0.1) is 13.2 Å². The average Bonchev–Trinajstić information content (AvgIpc) is 3.53. The van der Waals surface area contributed by atoms with Crippen LogP contribution in [-0.2, 0) is 13.6 Å². The molecule has 32 heavy (non-hydrogen) atoms. The first-order valence-electron chi connectivity index (χ1n) is 11.1. The summed E-state index contributed by atoms with van der Waals surface area (Å²) in [6.45, 7) is 4.18. The Morgan fingerprint density at radius 1 is 1.25 bits per heavy atom. The van der Waals surface area contributed by atoms with Gasteiger partial charge in [0.2, 0.25) is 0 Å². The third-order valence-electron chi connectivity index (χ3n) is 6.81. The summed E-state index contributed by atoms with van der Waals surface area (Å²) in [7, 11) is 1.80. The van der Waals surface area contributed by atoms with E-state index < -0.39 is 6.36 Å². The van der Waals surface area contributed by atoms with Crippen molar-refractivity contribution >= 4 is 5.91 Å². The van der Waals surface area contributed by atoms with Crippen LogP contribution in [0.25, 0.3) is 0 Å². The number of hydrogen-bond acceptors (Lipinski definition) is 4. The van der Waals surface area contributed by atoms with Crippen LogP contribution in [0.15, 0.2) is 36.8 Å². The number of ether oxygens (including phenoxy) is 1. The fourth-order valence-corrected chi connectivity index (χ4v) is 5.04. The maximum absolute atomic E-state index is 13.2. The smallest absolute Gasteiger partial charge is 0.406 e. The van der Waals surface area contributed by atoms with Gasteiger partial charge < -0.3 is 19.1 Å². The highest BCUT2D eigenvalue weighted by atomic mass is 19.4. The van der Waals surface area contributed by atoms with Crippen molar-refractivity contribution in [2.24, 2.45) is 30.7 Å². The van der Waals surface area contributed by atoms with Crippen LogP contribution in [0.4, 0.5) is 13.2 Å². The van der Waals surface area contributed by atoms with E-state index in [0.717, 1.165) is 19.0 Å². The number of rotatable bonds is 8. The van der Waals surface area contributed by atoms with E-state index in [2.05, 4.69) is 14.6 Å². The van der Waals surface area contributed by atoms with Crippen LogP contribution >= 0.6 is 0 Å². The van der Waals surface area contributed by atoms with Crippen LogP contribution in [-0.4, -0.2) is 57.8 Å². The van der Waals surface area contributed by atoms with Gasteiger partial charge in [0.1, 0.15) is 11.4 Å². The maximum Gasteiger partial charge on any atom is 0.573 e. The number of halogens is 3. The zero-order valence-corrected chi connectivity index (χ0v) is 18.0. The van der Waals surface area contributed by atoms with E-state index in [1.807, 2.05) is 0 Å². The average molecular weight is 448 g/mol. The minimum Gasteiger partial charge on any atom is -0.406 e. The number of nitrogens with zero attached hydrogens (tertiary/aromatic N) is 4. The Morgan fingerprint density at radius 3 is 2.62 bits per heavy atom. The van der Waals surface area contributed by atoms with E-state index >= 15 is 0 Å². The zero-order valence-electron chi connectivity index (χ0n) is 18.0. The topological polar surface area (TPSA) is 50.6 Å². The molecule has 3 aliphatic rings. The number of fused-ring (bicyclic) bond motifs is 1. The Labute approximate surface area is 185 Å². The summed E-state index contributed by atoms with van der Waals surface area (Å²) in [5, 5.41) is 0. The second-order valence-electron chi connectivity index (χ2n) is 9.46. The lowest BCUT2D eigenvalue weighted by Crippen LogP contribution is -2.35. The molecular formula is C23H27F3N4O2. The lowest BCUT2D eigenvalue weighted by molar-refractivity contribution is -0.274. The Kier molecular flexibility index (Phi) is 5.39. The van der Waals surface area contributed by atoms with Crippen molar-refractivity contribution in [3.05, 3.63) is 48.0 Å². The number of aryl methyl sites for hydroxylation is 1. The zero-order chi connectivity index (χ0) is 22.5. The second kappa shape index (κ2) is 8.10. The first kappa shape index (κ1) is 21.3. The molecule has 1 saturated heterocycles. The number of aromatic nitrogens is 2. The Bertz CT molecular complexity index is 976. The molecule has 0 bridgehead atoms. The highest BCUT2D eigenvalue weighted by Crippen LogP contribution is 2.52. The van der Waals surface area contributed by atoms with Gasteiger partial charge in [-0.1, -0.05) is 12.1 Å². The minimum atomic E-state index is -4.75. The van der Waals surface area contributed by atoms with Crippen LogP contribution in [0.1, 0.15) is 28.9 Å². The first-order chi connectivity index (χ1) is 15.2. The molecule has 5 rings (SSSR count). The van der Waals surface area contributed by atoms with E-state index in [0.29, 0.717) is 35.6 Å². The van der Waals surface area contributed by atoms with E-state index in [1.54, 1.807) is 35.1 Å². The van der Waals surface area contributed by atoms with Gasteiger partial charge in [0.05, 0.1) is 6.33 Å². The highest BCUT2D eigenvalue weighted by molar-refractivity contribution is 5.92. The predicted molar refractivity (Wildman–Crippen MR) is 111 cm³/mol. The lowest BCUT2D eigenvalue weighted by Gasteiger charge is -2.25. The Morgan fingerprint density at radius 2 is 2.00 bits per heavy atom. The summed E-state index contributed by atoms with van der Waals surface area (Å²) in [6, 6.07) is 5.84. The van der Waals surface area contributed by atoms with Crippen molar-refractivity contribution in [2.75, 3.05) is 26.2 Å². The number of alkyl halides is 3. The molecule has 1 aromatic carbocycles. The summed E-state index contributed by atoms with van der Waals surface area (Å²) in [4.78, 5) is 21.7. The number of benzene rings is 1. The van der Waals surface area contributed by atoms with Crippen molar-refractivity contribution in [1.82, 2.24) is 19.4 Å². The maximum atomic E-state index is 13.2. The van der Waals surface area contributed by atoms with Gasteiger partial charge in [0.15, 0.2) is 0 Å². The molecule has 9 heteroatoms. The molecule has 1 aliphatic heterocycles. The van der Waals surface area contributed by atoms with Gasteiger partial charge in [-0.05, 0) is 54.2 Å². The van der Waals surface area contributed by atoms with Gasteiger partial charge in [-0.2, -0.15) is 0 Å². The van der Waals surface area contributed by atoms with Gasteiger partial charge >= 0.3 is 6.36 Å². The molecule has 172 valence electrons. The van der Waals surface area contributed by atoms with E-state index in [9.17, 15) is 18.0 Å². The van der Waals surface area contributed by atoms with Crippen molar-refractivity contribution in [2.45, 2.75) is 25.7 Å². The van der Waals surface area contributed by atoms with Crippen molar-refractivity contribution < 1.29 is 22.7 Å². The van der Waals surface area contributed by atoms with Gasteiger partial charge in [-0.3, -0.25) is 4.79 Å². The number of piperidine rings is 1. The predicted octanol–water partition coefficient (Wildman–Crippen LogP) is 3.55. The highest BCUT2D eigenvalue weighted by Gasteiger charge is 2.56. The van der Waals surface area contributed by atoms with Crippen LogP contribution in [0.5, 0.6) is 5.75 Å². The normalized spacial score (nSPS) is 24.9. The third kappa shape index (κ3) is 4.92. The molecule has 3 fully saturated rings. The van der Waals surface area contributed by atoms with Crippen LogP contribution in [0, 0.1) is 23.7 Å². The van der Waals surface area contributed by atoms with Crippen LogP contribution in [0.3, 0.4) is 0 Å². The minimum absolute atomic E-state index is 0.201. The SMILES string of the molecule is Cn1cnc(C(=O)N(Cc2cccc(OC(F)(F)F)c2)CC2[C@H]3CN(CC4CC4)C[C@@H]23)c1. The number of likely N-dealkylation sites (tertiary alicyclic amines) is 1. The van der Waals surface area contributed by atoms with Crippen LogP contribution in [0.2, 0.25) is 0 Å². The van der Waals surface area contributed by atoms with Crippen molar-refractivity contribution in [3.63, 3.8) is 0 Å². The molecule has 1 aromatic heterocycles. The van der Waals surface area contributed by atoms with Crippen molar-refractivity contribution in [1.29, 1.82) is 0 Å². The summed E-state index contributed by atoms with van der Waals surface area (Å²) in [5.74, 6) is 2.04. The van der Waals surface area contributed by atoms with Gasteiger partial charge in [0, 0.05) is 46.0 Å². The number of imidazole rings is 1. The summed E-state index contributed by atoms with van der Waals surface area (Å²) >= 11 is 0. The molecule has 2 saturated carbocycles. The third-order valence-corrected chi connectivity index (χ3v) is 6.81. The quantitative estimate of drug-likeness (QED) is 0.620.